The second-order valence-electron chi connectivity index (χ2n) is 6.12. The topological polar surface area (TPSA) is 75.7 Å². The van der Waals surface area contributed by atoms with E-state index in [2.05, 4.69) is 5.32 Å². The predicted molar refractivity (Wildman–Crippen MR) is 107 cm³/mol. The highest BCUT2D eigenvalue weighted by atomic mass is 16.5. The number of nitrogens with zero attached hydrogens (tertiary/aromatic N) is 1. The molecule has 6 nitrogen and oxygen atoms in total. The first-order valence-corrected chi connectivity index (χ1v) is 9.02. The summed E-state index contributed by atoms with van der Waals surface area (Å²) in [7, 11) is 0. The van der Waals surface area contributed by atoms with E-state index in [1.165, 1.54) is 13.0 Å². The van der Waals surface area contributed by atoms with E-state index in [-0.39, 0.29) is 11.6 Å². The molecule has 0 aromatic heterocycles. The molecule has 0 heterocycles. The number of carbonyl (C=O) groups is 3. The fourth-order valence-corrected chi connectivity index (χ4v) is 2.53. The fourth-order valence-electron chi connectivity index (χ4n) is 2.53. The number of benzene rings is 2. The van der Waals surface area contributed by atoms with E-state index in [1.54, 1.807) is 17.0 Å². The molecule has 2 rings (SSSR count). The van der Waals surface area contributed by atoms with E-state index >= 15 is 0 Å². The van der Waals surface area contributed by atoms with Crippen LogP contribution in [-0.2, 0) is 25.7 Å². The lowest BCUT2D eigenvalue weighted by atomic mass is 10.2. The zero-order chi connectivity index (χ0) is 20.4. The van der Waals surface area contributed by atoms with Gasteiger partial charge in [-0.15, -0.1) is 0 Å². The molecule has 2 aromatic carbocycles. The first-order chi connectivity index (χ1) is 13.5. The lowest BCUT2D eigenvalue weighted by molar-refractivity contribution is -0.149. The molecule has 0 unspecified atom stereocenters. The number of likely N-dealkylation sites (N-methyl/N-ethyl adjacent to an activating group) is 1. The molecule has 0 fully saturated rings. The highest BCUT2D eigenvalue weighted by molar-refractivity contribution is 5.98. The summed E-state index contributed by atoms with van der Waals surface area (Å²) in [6.07, 6.45) is 1.51. The Morgan fingerprint density at radius 2 is 1.61 bits per heavy atom. The summed E-state index contributed by atoms with van der Waals surface area (Å²) in [5.41, 5.74) is 1.71. The number of hydrogen-bond acceptors (Lipinski definition) is 4. The van der Waals surface area contributed by atoms with Crippen LogP contribution in [0.3, 0.4) is 0 Å². The zero-order valence-corrected chi connectivity index (χ0v) is 16.1. The van der Waals surface area contributed by atoms with Crippen LogP contribution < -0.4 is 5.32 Å². The molecule has 1 N–H and O–H groups in total. The number of rotatable bonds is 8. The zero-order valence-electron chi connectivity index (χ0n) is 16.1. The van der Waals surface area contributed by atoms with E-state index in [9.17, 15) is 14.4 Å². The Morgan fingerprint density at radius 1 is 1.00 bits per heavy atom. The third-order valence-electron chi connectivity index (χ3n) is 3.92. The molecular formula is C22H24N2O4. The number of esters is 1. The molecule has 0 radical (unpaired) electrons. The minimum Gasteiger partial charge on any atom is -0.451 e. The maximum absolute atomic E-state index is 12.4. The van der Waals surface area contributed by atoms with Gasteiger partial charge in [-0.2, -0.15) is 0 Å². The van der Waals surface area contributed by atoms with Gasteiger partial charge in [0, 0.05) is 20.0 Å². The normalized spacial score (nSPS) is 10.9. The maximum atomic E-state index is 12.4. The molecule has 2 aromatic rings. The van der Waals surface area contributed by atoms with Gasteiger partial charge >= 0.3 is 5.97 Å². The van der Waals surface area contributed by atoms with Gasteiger partial charge in [-0.1, -0.05) is 60.7 Å². The lowest BCUT2D eigenvalue weighted by Crippen LogP contribution is -2.35. The van der Waals surface area contributed by atoms with Crippen LogP contribution in [0.15, 0.2) is 66.4 Å². The first kappa shape index (κ1) is 20.9. The van der Waals surface area contributed by atoms with Gasteiger partial charge in [-0.05, 0) is 24.1 Å². The first-order valence-electron chi connectivity index (χ1n) is 9.02. The van der Waals surface area contributed by atoms with Crippen molar-refractivity contribution in [2.45, 2.75) is 20.4 Å². The van der Waals surface area contributed by atoms with Crippen molar-refractivity contribution < 1.29 is 19.1 Å². The van der Waals surface area contributed by atoms with Crippen LogP contribution in [0.1, 0.15) is 25.0 Å². The van der Waals surface area contributed by atoms with Crippen molar-refractivity contribution >= 4 is 23.9 Å². The van der Waals surface area contributed by atoms with Gasteiger partial charge in [0.2, 0.25) is 5.91 Å². The van der Waals surface area contributed by atoms with Gasteiger partial charge < -0.3 is 15.0 Å². The Labute approximate surface area is 164 Å². The van der Waals surface area contributed by atoms with Gasteiger partial charge in [0.15, 0.2) is 6.61 Å². The highest BCUT2D eigenvalue weighted by Gasteiger charge is 2.18. The quantitative estimate of drug-likeness (QED) is 0.564. The summed E-state index contributed by atoms with van der Waals surface area (Å²) in [5, 5.41) is 2.46. The molecule has 0 atom stereocenters. The molecule has 6 heteroatoms. The third-order valence-corrected chi connectivity index (χ3v) is 3.92. The molecule has 28 heavy (non-hydrogen) atoms. The monoisotopic (exact) mass is 380 g/mol. The number of ether oxygens (including phenoxy) is 1. The van der Waals surface area contributed by atoms with Gasteiger partial charge in [0.1, 0.15) is 5.70 Å². The fraction of sp³-hybridized carbons (Fsp3) is 0.227. The summed E-state index contributed by atoms with van der Waals surface area (Å²) >= 11 is 0. The summed E-state index contributed by atoms with van der Waals surface area (Å²) in [5.74, 6) is -1.46. The number of carbonyl (C=O) groups excluding carboxylic acids is 3. The second kappa shape index (κ2) is 10.7. The predicted octanol–water partition coefficient (Wildman–Crippen LogP) is 2.76. The van der Waals surface area contributed by atoms with Crippen molar-refractivity contribution in [2.75, 3.05) is 13.2 Å². The van der Waals surface area contributed by atoms with Crippen molar-refractivity contribution in [3.63, 3.8) is 0 Å². The molecule has 0 spiro atoms. The largest absolute Gasteiger partial charge is 0.451 e. The molecule has 0 bridgehead atoms. The Bertz CT molecular complexity index is 832. The summed E-state index contributed by atoms with van der Waals surface area (Å²) in [6.45, 7) is 3.69. The van der Waals surface area contributed by atoms with Crippen molar-refractivity contribution in [1.82, 2.24) is 10.2 Å². The van der Waals surface area contributed by atoms with Crippen LogP contribution in [-0.4, -0.2) is 35.8 Å². The van der Waals surface area contributed by atoms with Crippen molar-refractivity contribution in [3.8, 4) is 0 Å². The highest BCUT2D eigenvalue weighted by Crippen LogP contribution is 2.08. The van der Waals surface area contributed by atoms with Crippen LogP contribution >= 0.6 is 0 Å². The standard InChI is InChI=1S/C22H24N2O4/c1-3-24(15-19-12-8-5-9-13-19)21(26)16-28-22(27)20(23-17(2)25)14-18-10-6-4-7-11-18/h4-14H,3,15-16H2,1-2H3,(H,23,25)/b20-14-. The van der Waals surface area contributed by atoms with Crippen LogP contribution in [0, 0.1) is 0 Å². The van der Waals surface area contributed by atoms with Gasteiger partial charge in [0.05, 0.1) is 0 Å². The van der Waals surface area contributed by atoms with Crippen LogP contribution in [0.5, 0.6) is 0 Å². The maximum Gasteiger partial charge on any atom is 0.355 e. The van der Waals surface area contributed by atoms with Crippen LogP contribution in [0.25, 0.3) is 6.08 Å². The Morgan fingerprint density at radius 3 is 2.18 bits per heavy atom. The molecule has 2 amide bonds. The van der Waals surface area contributed by atoms with Crippen LogP contribution in [0.2, 0.25) is 0 Å². The third kappa shape index (κ3) is 6.72. The molecule has 0 saturated heterocycles. The molecule has 0 aliphatic rings. The van der Waals surface area contributed by atoms with Crippen LogP contribution in [0.4, 0.5) is 0 Å². The molecule has 0 aliphatic heterocycles. The van der Waals surface area contributed by atoms with Gasteiger partial charge in [-0.25, -0.2) is 4.79 Å². The SMILES string of the molecule is CCN(Cc1ccccc1)C(=O)COC(=O)/C(=C/c1ccccc1)NC(C)=O. The summed E-state index contributed by atoms with van der Waals surface area (Å²) in [6, 6.07) is 18.6. The number of nitrogens with one attached hydrogen (secondary N) is 1. The molecular weight excluding hydrogens is 356 g/mol. The molecule has 0 saturated carbocycles. The van der Waals surface area contributed by atoms with E-state index in [0.29, 0.717) is 13.1 Å². The minimum atomic E-state index is -0.761. The number of amides is 2. The Kier molecular flexibility index (Phi) is 7.96. The van der Waals surface area contributed by atoms with Gasteiger partial charge in [0.25, 0.3) is 5.91 Å². The molecule has 0 aliphatic carbocycles. The van der Waals surface area contributed by atoms with E-state index in [4.69, 9.17) is 4.74 Å². The smallest absolute Gasteiger partial charge is 0.355 e. The summed E-state index contributed by atoms with van der Waals surface area (Å²) < 4.78 is 5.15. The summed E-state index contributed by atoms with van der Waals surface area (Å²) in [4.78, 5) is 37.8. The van der Waals surface area contributed by atoms with Crippen molar-refractivity contribution in [1.29, 1.82) is 0 Å². The average molecular weight is 380 g/mol. The Hall–Kier alpha value is -3.41. The van der Waals surface area contributed by atoms with E-state index < -0.39 is 18.5 Å². The van der Waals surface area contributed by atoms with Crippen molar-refractivity contribution in [2.24, 2.45) is 0 Å². The van der Waals surface area contributed by atoms with E-state index in [1.807, 2.05) is 55.5 Å². The number of hydrogen-bond donors (Lipinski definition) is 1. The van der Waals surface area contributed by atoms with Crippen molar-refractivity contribution in [3.05, 3.63) is 77.5 Å². The average Bonchev–Trinajstić information content (AvgIpc) is 2.70. The second-order valence-corrected chi connectivity index (χ2v) is 6.12. The lowest BCUT2D eigenvalue weighted by Gasteiger charge is -2.21. The Balaban J connectivity index is 2.01. The molecule has 146 valence electrons. The van der Waals surface area contributed by atoms with E-state index in [0.717, 1.165) is 11.1 Å². The van der Waals surface area contributed by atoms with Gasteiger partial charge in [-0.3, -0.25) is 9.59 Å². The minimum absolute atomic E-state index is 0.0161.